The number of nitrogens with one attached hydrogen (secondary N) is 1. The number of carboxylic acid groups (broad SMARTS) is 1. The molecule has 0 heterocycles. The maximum absolute atomic E-state index is 10.7. The van der Waals surface area contributed by atoms with Crippen LogP contribution in [0.25, 0.3) is 0 Å². The number of aliphatic carboxylic acids is 1. The Kier molecular flexibility index (Phi) is 10.1. The van der Waals surface area contributed by atoms with Crippen LogP contribution in [0.2, 0.25) is 0 Å². The van der Waals surface area contributed by atoms with Crippen molar-refractivity contribution in [3.05, 3.63) is 35.9 Å². The first kappa shape index (κ1) is 17.0. The molecule has 0 bridgehead atoms. The minimum atomic E-state index is -0.814. The Morgan fingerprint density at radius 1 is 1.40 bits per heavy atom. The molecule has 0 aliphatic rings. The van der Waals surface area contributed by atoms with E-state index in [0.29, 0.717) is 6.42 Å². The molecule has 1 atom stereocenters. The van der Waals surface area contributed by atoms with Crippen LogP contribution in [0.4, 0.5) is 0 Å². The van der Waals surface area contributed by atoms with E-state index in [1.165, 1.54) is 0 Å². The third-order valence-electron chi connectivity index (χ3n) is 1.93. The fraction of sp³-hybridized carbons (Fsp3) is 0.300. The van der Waals surface area contributed by atoms with Crippen molar-refractivity contribution in [2.24, 2.45) is 0 Å². The molecule has 0 unspecified atom stereocenters. The van der Waals surface area contributed by atoms with Gasteiger partial charge in [-0.1, -0.05) is 30.3 Å². The molecule has 0 aliphatic carbocycles. The number of carbonyl (C=O) groups is 1. The maximum Gasteiger partial charge on any atom is 1.00 e. The van der Waals surface area contributed by atoms with Crippen molar-refractivity contribution in [3.8, 4) is 0 Å². The molecule has 3 N–H and O–H groups in total. The predicted molar refractivity (Wildman–Crippen MR) is 52.6 cm³/mol. The van der Waals surface area contributed by atoms with Gasteiger partial charge in [0.15, 0.2) is 0 Å². The zero-order chi connectivity index (χ0) is 9.68. The van der Waals surface area contributed by atoms with E-state index >= 15 is 0 Å². The van der Waals surface area contributed by atoms with Crippen molar-refractivity contribution in [1.29, 1.82) is 0 Å². The molecule has 0 fully saturated rings. The molecule has 0 amide bonds. The van der Waals surface area contributed by atoms with Gasteiger partial charge in [0.05, 0.1) is 0 Å². The Bertz CT molecular complexity index is 279. The third-order valence-corrected chi connectivity index (χ3v) is 1.93. The fourth-order valence-electron chi connectivity index (χ4n) is 1.16. The van der Waals surface area contributed by atoms with Crippen LogP contribution in [0.3, 0.4) is 0 Å². The van der Waals surface area contributed by atoms with Crippen LogP contribution in [0.15, 0.2) is 30.3 Å². The van der Waals surface area contributed by atoms with Crippen LogP contribution in [-0.2, 0) is 11.2 Å². The van der Waals surface area contributed by atoms with E-state index in [-0.39, 0.29) is 35.0 Å². The third kappa shape index (κ3) is 5.92. The molecular formula is C10H14NNaO3. The first-order valence-corrected chi connectivity index (χ1v) is 4.18. The standard InChI is InChI=1S/C10H13NO2.Na.H2O/c1-11-9(10(12)13)7-8-5-3-2-4-6-8;;/h2-6,9,11H,7H2,1H3,(H,12,13);;1H2/q;+1;/p-1/t9-;;/m0../s1. The number of hydrogen-bond acceptors (Lipinski definition) is 3. The molecule has 5 heteroatoms. The average molecular weight is 219 g/mol. The van der Waals surface area contributed by atoms with Gasteiger partial charge in [-0.25, -0.2) is 0 Å². The molecule has 1 rings (SSSR count). The summed E-state index contributed by atoms with van der Waals surface area (Å²) in [4.78, 5) is 10.7. The average Bonchev–Trinajstić information content (AvgIpc) is 2.15. The van der Waals surface area contributed by atoms with Gasteiger partial charge in [0.1, 0.15) is 6.04 Å². The summed E-state index contributed by atoms with van der Waals surface area (Å²) in [5, 5.41) is 11.5. The van der Waals surface area contributed by atoms with Gasteiger partial charge in [-0.05, 0) is 19.0 Å². The van der Waals surface area contributed by atoms with Crippen LogP contribution in [-0.4, -0.2) is 29.6 Å². The predicted octanol–water partition coefficient (Wildman–Crippen LogP) is -2.27. The molecule has 0 aliphatic heterocycles. The van der Waals surface area contributed by atoms with Gasteiger partial charge in [0.2, 0.25) is 0 Å². The van der Waals surface area contributed by atoms with Gasteiger partial charge in [0.25, 0.3) is 0 Å². The van der Waals surface area contributed by atoms with Crippen LogP contribution in [0.1, 0.15) is 5.56 Å². The zero-order valence-electron chi connectivity index (χ0n) is 8.97. The van der Waals surface area contributed by atoms with E-state index in [0.717, 1.165) is 5.56 Å². The maximum atomic E-state index is 10.7. The molecule has 0 aromatic heterocycles. The Hall–Kier alpha value is -0.390. The van der Waals surface area contributed by atoms with Crippen molar-refractivity contribution in [1.82, 2.24) is 5.32 Å². The number of rotatable bonds is 4. The summed E-state index contributed by atoms with van der Waals surface area (Å²) < 4.78 is 0. The Balaban J connectivity index is 0. The molecule has 0 spiro atoms. The summed E-state index contributed by atoms with van der Waals surface area (Å²) in [6.45, 7) is 0. The number of benzene rings is 1. The largest absolute Gasteiger partial charge is 1.00 e. The van der Waals surface area contributed by atoms with Crippen LogP contribution < -0.4 is 34.9 Å². The van der Waals surface area contributed by atoms with E-state index in [1.807, 2.05) is 30.3 Å². The SMILES string of the molecule is CN[C@@H](Cc1ccccc1)C(=O)O.[Na+].[OH-]. The van der Waals surface area contributed by atoms with Crippen molar-refractivity contribution in [2.45, 2.75) is 12.5 Å². The minimum absolute atomic E-state index is 0. The molecule has 0 radical (unpaired) electrons. The quantitative estimate of drug-likeness (QED) is 0.560. The van der Waals surface area contributed by atoms with Gasteiger partial charge in [-0.15, -0.1) is 0 Å². The summed E-state index contributed by atoms with van der Waals surface area (Å²) in [5.74, 6) is -0.814. The summed E-state index contributed by atoms with van der Waals surface area (Å²) in [6.07, 6.45) is 0.521. The second-order valence-electron chi connectivity index (χ2n) is 2.87. The normalized spacial score (nSPS) is 10.7. The Morgan fingerprint density at radius 2 is 1.93 bits per heavy atom. The number of likely N-dealkylation sites (N-methyl/N-ethyl adjacent to an activating group) is 1. The van der Waals surface area contributed by atoms with E-state index in [4.69, 9.17) is 5.11 Å². The van der Waals surface area contributed by atoms with Gasteiger partial charge in [0, 0.05) is 0 Å². The molecule has 1 aromatic carbocycles. The van der Waals surface area contributed by atoms with Gasteiger partial charge >= 0.3 is 35.5 Å². The monoisotopic (exact) mass is 219 g/mol. The molecular weight excluding hydrogens is 205 g/mol. The van der Waals surface area contributed by atoms with Crippen LogP contribution in [0, 0.1) is 0 Å². The van der Waals surface area contributed by atoms with Crippen LogP contribution >= 0.6 is 0 Å². The van der Waals surface area contributed by atoms with Gasteiger partial charge < -0.3 is 15.9 Å². The topological polar surface area (TPSA) is 79.3 Å². The molecule has 0 saturated heterocycles. The summed E-state index contributed by atoms with van der Waals surface area (Å²) in [7, 11) is 1.65. The zero-order valence-corrected chi connectivity index (χ0v) is 11.0. The molecule has 1 aromatic rings. The minimum Gasteiger partial charge on any atom is -0.870 e. The van der Waals surface area contributed by atoms with Crippen molar-refractivity contribution in [3.63, 3.8) is 0 Å². The summed E-state index contributed by atoms with van der Waals surface area (Å²) in [6, 6.07) is 9.08. The first-order chi connectivity index (χ1) is 6.24. The molecule has 0 saturated carbocycles. The van der Waals surface area contributed by atoms with Crippen molar-refractivity contribution >= 4 is 5.97 Å². The first-order valence-electron chi connectivity index (χ1n) is 4.18. The molecule has 4 nitrogen and oxygen atoms in total. The van der Waals surface area contributed by atoms with Crippen molar-refractivity contribution in [2.75, 3.05) is 7.05 Å². The Labute approximate surface area is 111 Å². The Morgan fingerprint density at radius 3 is 2.33 bits per heavy atom. The number of hydrogen-bond donors (Lipinski definition) is 2. The van der Waals surface area contributed by atoms with E-state index in [2.05, 4.69) is 5.32 Å². The van der Waals surface area contributed by atoms with E-state index < -0.39 is 12.0 Å². The fourth-order valence-corrected chi connectivity index (χ4v) is 1.16. The second-order valence-corrected chi connectivity index (χ2v) is 2.87. The van der Waals surface area contributed by atoms with E-state index in [9.17, 15) is 4.79 Å². The van der Waals surface area contributed by atoms with Gasteiger partial charge in [-0.3, -0.25) is 4.79 Å². The molecule has 78 valence electrons. The summed E-state index contributed by atoms with van der Waals surface area (Å²) >= 11 is 0. The molecule has 15 heavy (non-hydrogen) atoms. The second kappa shape index (κ2) is 8.88. The van der Waals surface area contributed by atoms with E-state index in [1.54, 1.807) is 7.05 Å². The van der Waals surface area contributed by atoms with Crippen molar-refractivity contribution < 1.29 is 44.9 Å². The number of carboxylic acids is 1. The summed E-state index contributed by atoms with van der Waals surface area (Å²) in [5.41, 5.74) is 1.03. The van der Waals surface area contributed by atoms with Crippen LogP contribution in [0.5, 0.6) is 0 Å². The van der Waals surface area contributed by atoms with Gasteiger partial charge in [-0.2, -0.15) is 0 Å². The smallest absolute Gasteiger partial charge is 0.870 e.